The number of nitriles is 1. The maximum Gasteiger partial charge on any atom is 0.166 e. The third kappa shape index (κ3) is 1.05. The molecule has 0 aliphatic carbocycles. The lowest BCUT2D eigenvalue weighted by molar-refractivity contribution is 0.112. The van der Waals surface area contributed by atoms with Crippen molar-refractivity contribution in [2.45, 2.75) is 0 Å². The highest BCUT2D eigenvalue weighted by Crippen LogP contribution is 2.18. The second-order valence-corrected chi connectivity index (χ2v) is 2.69. The zero-order chi connectivity index (χ0) is 10.1. The van der Waals surface area contributed by atoms with Crippen molar-refractivity contribution in [3.05, 3.63) is 29.3 Å². The number of nitrogens with one attached hydrogen (secondary N) is 1. The number of H-pyrrole nitrogens is 1. The number of aldehydes is 1. The molecule has 0 aliphatic rings. The number of pyridine rings is 1. The van der Waals surface area contributed by atoms with Crippen LogP contribution in [0.25, 0.3) is 11.0 Å². The van der Waals surface area contributed by atoms with Crippen LogP contribution in [0.5, 0.6) is 0 Å². The molecule has 0 aromatic carbocycles. The molecule has 1 N–H and O–H groups in total. The summed E-state index contributed by atoms with van der Waals surface area (Å²) in [4.78, 5) is 16.9. The number of rotatable bonds is 1. The maximum absolute atomic E-state index is 13.1. The van der Waals surface area contributed by atoms with Crippen LogP contribution in [0.3, 0.4) is 0 Å². The number of carbonyl (C=O) groups excluding carboxylic acids is 1. The molecule has 0 spiro atoms. The van der Waals surface area contributed by atoms with Crippen LogP contribution in [-0.4, -0.2) is 16.3 Å². The van der Waals surface area contributed by atoms with E-state index in [2.05, 4.69) is 9.97 Å². The predicted octanol–water partition coefficient (Wildman–Crippen LogP) is 1.39. The smallest absolute Gasteiger partial charge is 0.166 e. The molecule has 4 nitrogen and oxygen atoms in total. The van der Waals surface area contributed by atoms with Gasteiger partial charge in [0.15, 0.2) is 12.1 Å². The van der Waals surface area contributed by atoms with Crippen molar-refractivity contribution in [1.29, 1.82) is 5.26 Å². The van der Waals surface area contributed by atoms with Crippen LogP contribution in [-0.2, 0) is 0 Å². The van der Waals surface area contributed by atoms with Crippen molar-refractivity contribution in [1.82, 2.24) is 9.97 Å². The van der Waals surface area contributed by atoms with Crippen molar-refractivity contribution in [3.63, 3.8) is 0 Å². The van der Waals surface area contributed by atoms with Crippen LogP contribution in [0.4, 0.5) is 4.39 Å². The molecular formula is C9H4FN3O. The zero-order valence-corrected chi connectivity index (χ0v) is 6.91. The first-order valence-corrected chi connectivity index (χ1v) is 3.79. The second-order valence-electron chi connectivity index (χ2n) is 2.69. The number of halogens is 1. The highest BCUT2D eigenvalue weighted by atomic mass is 19.1. The molecule has 14 heavy (non-hydrogen) atoms. The van der Waals surface area contributed by atoms with Gasteiger partial charge in [0.2, 0.25) is 0 Å². The fourth-order valence-electron chi connectivity index (χ4n) is 1.24. The van der Waals surface area contributed by atoms with Crippen LogP contribution in [0, 0.1) is 17.1 Å². The number of nitrogens with zero attached hydrogens (tertiary/aromatic N) is 2. The van der Waals surface area contributed by atoms with Gasteiger partial charge in [-0.15, -0.1) is 0 Å². The van der Waals surface area contributed by atoms with Crippen LogP contribution >= 0.6 is 0 Å². The van der Waals surface area contributed by atoms with E-state index in [1.807, 2.05) is 0 Å². The first-order chi connectivity index (χ1) is 6.76. The van der Waals surface area contributed by atoms with Crippen molar-refractivity contribution in [2.75, 3.05) is 0 Å². The molecule has 0 bridgehead atoms. The number of fused-ring (bicyclic) bond motifs is 1. The summed E-state index contributed by atoms with van der Waals surface area (Å²) in [6.45, 7) is 0. The summed E-state index contributed by atoms with van der Waals surface area (Å²) in [5.74, 6) is -0.569. The minimum Gasteiger partial charge on any atom is -0.357 e. The Morgan fingerprint density at radius 3 is 3.07 bits per heavy atom. The standard InChI is InChI=1S/C9H4FN3O/c10-7-3-12-8-5(4-14)1-6(2-11)13-9(7)8/h1,3-4,12H. The van der Waals surface area contributed by atoms with E-state index < -0.39 is 5.82 Å². The van der Waals surface area contributed by atoms with Crippen LogP contribution in [0.15, 0.2) is 12.3 Å². The topological polar surface area (TPSA) is 69.5 Å². The molecule has 2 aromatic heterocycles. The Hall–Kier alpha value is -2.22. The molecule has 0 unspecified atom stereocenters. The van der Waals surface area contributed by atoms with E-state index in [-0.39, 0.29) is 16.8 Å². The van der Waals surface area contributed by atoms with Gasteiger partial charge in [-0.25, -0.2) is 9.37 Å². The molecule has 2 aromatic rings. The van der Waals surface area contributed by atoms with Crippen molar-refractivity contribution in [3.8, 4) is 6.07 Å². The number of aromatic amines is 1. The van der Waals surface area contributed by atoms with Gasteiger partial charge in [0, 0.05) is 11.8 Å². The van der Waals surface area contributed by atoms with E-state index in [0.717, 1.165) is 6.20 Å². The molecule has 0 fully saturated rings. The highest BCUT2D eigenvalue weighted by Gasteiger charge is 2.10. The molecule has 2 heterocycles. The Bertz CT molecular complexity index is 553. The Morgan fingerprint density at radius 1 is 1.64 bits per heavy atom. The van der Waals surface area contributed by atoms with E-state index >= 15 is 0 Å². The fourth-order valence-corrected chi connectivity index (χ4v) is 1.24. The number of aromatic nitrogens is 2. The van der Waals surface area contributed by atoms with Gasteiger partial charge in [-0.2, -0.15) is 5.26 Å². The Labute approximate surface area is 78.0 Å². The lowest BCUT2D eigenvalue weighted by atomic mass is 10.2. The van der Waals surface area contributed by atoms with E-state index in [9.17, 15) is 9.18 Å². The van der Waals surface area contributed by atoms with E-state index in [0.29, 0.717) is 11.8 Å². The van der Waals surface area contributed by atoms with Crippen molar-refractivity contribution >= 4 is 17.3 Å². The average Bonchev–Trinajstić information content (AvgIpc) is 2.59. The molecule has 0 saturated carbocycles. The molecule has 5 heteroatoms. The summed E-state index contributed by atoms with van der Waals surface area (Å²) in [6, 6.07) is 3.07. The number of carbonyl (C=O) groups is 1. The maximum atomic E-state index is 13.1. The Balaban J connectivity index is 2.91. The van der Waals surface area contributed by atoms with E-state index in [1.165, 1.54) is 6.07 Å². The van der Waals surface area contributed by atoms with Gasteiger partial charge in [0.05, 0.1) is 5.52 Å². The Morgan fingerprint density at radius 2 is 2.43 bits per heavy atom. The highest BCUT2D eigenvalue weighted by molar-refractivity contribution is 5.94. The monoisotopic (exact) mass is 189 g/mol. The quantitative estimate of drug-likeness (QED) is 0.689. The largest absolute Gasteiger partial charge is 0.357 e. The SMILES string of the molecule is N#Cc1cc(C=O)c2[nH]cc(F)c2n1. The van der Waals surface area contributed by atoms with Crippen LogP contribution in [0.2, 0.25) is 0 Å². The molecule has 0 amide bonds. The summed E-state index contributed by atoms with van der Waals surface area (Å²) in [5, 5.41) is 8.58. The second kappa shape index (κ2) is 2.92. The molecule has 68 valence electrons. The lowest BCUT2D eigenvalue weighted by Crippen LogP contribution is -1.90. The molecule has 0 saturated heterocycles. The molecular weight excluding hydrogens is 185 g/mol. The summed E-state index contributed by atoms with van der Waals surface area (Å²) in [7, 11) is 0. The molecule has 2 rings (SSSR count). The molecule has 0 radical (unpaired) electrons. The first-order valence-electron chi connectivity index (χ1n) is 3.79. The van der Waals surface area contributed by atoms with Gasteiger partial charge in [0.25, 0.3) is 0 Å². The van der Waals surface area contributed by atoms with E-state index in [1.54, 1.807) is 6.07 Å². The zero-order valence-electron chi connectivity index (χ0n) is 6.91. The van der Waals surface area contributed by atoms with Gasteiger partial charge in [-0.05, 0) is 6.07 Å². The van der Waals surface area contributed by atoms with Gasteiger partial charge >= 0.3 is 0 Å². The minimum absolute atomic E-state index is 0.0196. The minimum atomic E-state index is -0.569. The fraction of sp³-hybridized carbons (Fsp3) is 0. The number of hydrogen-bond donors (Lipinski definition) is 1. The summed E-state index contributed by atoms with van der Waals surface area (Å²) in [5.41, 5.74) is 0.594. The average molecular weight is 189 g/mol. The number of hydrogen-bond acceptors (Lipinski definition) is 3. The van der Waals surface area contributed by atoms with Crippen molar-refractivity contribution < 1.29 is 9.18 Å². The first kappa shape index (κ1) is 8.38. The third-order valence-corrected chi connectivity index (χ3v) is 1.86. The van der Waals surface area contributed by atoms with Crippen LogP contribution in [0.1, 0.15) is 16.1 Å². The predicted molar refractivity (Wildman–Crippen MR) is 46.2 cm³/mol. The molecule has 0 aliphatic heterocycles. The van der Waals surface area contributed by atoms with Gasteiger partial charge in [-0.1, -0.05) is 0 Å². The molecule has 0 atom stereocenters. The summed E-state index contributed by atoms with van der Waals surface area (Å²) < 4.78 is 13.1. The summed E-state index contributed by atoms with van der Waals surface area (Å²) >= 11 is 0. The third-order valence-electron chi connectivity index (χ3n) is 1.86. The Kier molecular flexibility index (Phi) is 1.75. The van der Waals surface area contributed by atoms with Gasteiger partial charge < -0.3 is 4.98 Å². The van der Waals surface area contributed by atoms with Gasteiger partial charge in [-0.3, -0.25) is 4.79 Å². The summed E-state index contributed by atoms with van der Waals surface area (Å²) in [6.07, 6.45) is 1.66. The lowest BCUT2D eigenvalue weighted by Gasteiger charge is -1.94. The van der Waals surface area contributed by atoms with E-state index in [4.69, 9.17) is 5.26 Å². The van der Waals surface area contributed by atoms with Crippen molar-refractivity contribution in [2.24, 2.45) is 0 Å². The van der Waals surface area contributed by atoms with Gasteiger partial charge in [0.1, 0.15) is 17.3 Å². The normalized spacial score (nSPS) is 10.0. The van der Waals surface area contributed by atoms with Crippen LogP contribution < -0.4 is 0 Å².